The van der Waals surface area contributed by atoms with E-state index in [9.17, 15) is 8.42 Å². The lowest BCUT2D eigenvalue weighted by molar-refractivity contribution is -0.00467. The second kappa shape index (κ2) is 5.65. The van der Waals surface area contributed by atoms with Crippen molar-refractivity contribution in [1.82, 2.24) is 8.61 Å². The highest BCUT2D eigenvalue weighted by molar-refractivity contribution is 7.86. The fraction of sp³-hybridized carbons (Fsp3) is 1.00. The van der Waals surface area contributed by atoms with Gasteiger partial charge >= 0.3 is 0 Å². The molecule has 2 aliphatic rings. The molecule has 0 aromatic carbocycles. The number of piperidine rings is 1. The number of rotatable bonds is 3. The van der Waals surface area contributed by atoms with Crippen molar-refractivity contribution in [2.24, 2.45) is 0 Å². The molecule has 0 spiro atoms. The van der Waals surface area contributed by atoms with Gasteiger partial charge in [-0.15, -0.1) is 0 Å². The zero-order valence-electron chi connectivity index (χ0n) is 10.5. The molecule has 2 saturated heterocycles. The minimum absolute atomic E-state index is 0.0586. The molecule has 0 radical (unpaired) electrons. The van der Waals surface area contributed by atoms with Gasteiger partial charge in [0, 0.05) is 26.2 Å². The molecule has 2 rings (SSSR count). The lowest BCUT2D eigenvalue weighted by Crippen LogP contribution is -2.52. The predicted octanol–water partition coefficient (Wildman–Crippen LogP) is 0.828. The van der Waals surface area contributed by atoms with Crippen LogP contribution in [-0.4, -0.2) is 55.9 Å². The third kappa shape index (κ3) is 2.99. The average molecular weight is 262 g/mol. The lowest BCUT2D eigenvalue weighted by Gasteiger charge is -2.36. The molecule has 0 aromatic rings. The van der Waals surface area contributed by atoms with E-state index in [-0.39, 0.29) is 6.10 Å². The zero-order valence-corrected chi connectivity index (χ0v) is 11.3. The van der Waals surface area contributed by atoms with Crippen LogP contribution in [0.5, 0.6) is 0 Å². The highest BCUT2D eigenvalue weighted by Gasteiger charge is 2.33. The topological polar surface area (TPSA) is 49.9 Å². The van der Waals surface area contributed by atoms with Gasteiger partial charge in [0.05, 0.1) is 12.7 Å². The molecular formula is C11H22N2O3S. The molecule has 0 aromatic heterocycles. The summed E-state index contributed by atoms with van der Waals surface area (Å²) in [6.07, 6.45) is 4.05. The molecular weight excluding hydrogens is 240 g/mol. The van der Waals surface area contributed by atoms with E-state index in [1.165, 1.54) is 0 Å². The average Bonchev–Trinajstić information content (AvgIpc) is 2.40. The minimum Gasteiger partial charge on any atom is -0.375 e. The van der Waals surface area contributed by atoms with E-state index < -0.39 is 10.2 Å². The maximum Gasteiger partial charge on any atom is 0.282 e. The molecule has 0 saturated carbocycles. The van der Waals surface area contributed by atoms with Gasteiger partial charge in [0.15, 0.2) is 0 Å². The molecule has 17 heavy (non-hydrogen) atoms. The van der Waals surface area contributed by atoms with Crippen molar-refractivity contribution >= 4 is 10.2 Å². The predicted molar refractivity (Wildman–Crippen MR) is 65.9 cm³/mol. The standard InChI is InChI=1S/C11H22N2O3S/c1-2-11-10-13(8-9-16-11)17(14,15)12-6-4-3-5-7-12/h11H,2-10H2,1H3. The summed E-state index contributed by atoms with van der Waals surface area (Å²) >= 11 is 0. The molecule has 5 nitrogen and oxygen atoms in total. The summed E-state index contributed by atoms with van der Waals surface area (Å²) in [6, 6.07) is 0. The van der Waals surface area contributed by atoms with Crippen molar-refractivity contribution in [2.75, 3.05) is 32.8 Å². The maximum absolute atomic E-state index is 12.4. The molecule has 6 heteroatoms. The Bertz CT molecular complexity index is 339. The Kier molecular flexibility index (Phi) is 4.41. The second-order valence-corrected chi connectivity index (χ2v) is 6.66. The van der Waals surface area contributed by atoms with Crippen LogP contribution in [-0.2, 0) is 14.9 Å². The van der Waals surface area contributed by atoms with E-state index in [0.717, 1.165) is 25.7 Å². The van der Waals surface area contributed by atoms with Gasteiger partial charge in [0.25, 0.3) is 10.2 Å². The summed E-state index contributed by atoms with van der Waals surface area (Å²) in [5.74, 6) is 0. The van der Waals surface area contributed by atoms with Crippen LogP contribution in [0.1, 0.15) is 32.6 Å². The molecule has 2 fully saturated rings. The molecule has 0 N–H and O–H groups in total. The van der Waals surface area contributed by atoms with Crippen LogP contribution >= 0.6 is 0 Å². The maximum atomic E-state index is 12.4. The van der Waals surface area contributed by atoms with Crippen LogP contribution in [0.2, 0.25) is 0 Å². The fourth-order valence-corrected chi connectivity index (χ4v) is 4.11. The highest BCUT2D eigenvalue weighted by atomic mass is 32.2. The van der Waals surface area contributed by atoms with Crippen molar-refractivity contribution in [2.45, 2.75) is 38.7 Å². The summed E-state index contributed by atoms with van der Waals surface area (Å²) in [6.45, 7) is 4.91. The highest BCUT2D eigenvalue weighted by Crippen LogP contribution is 2.19. The minimum atomic E-state index is -3.24. The van der Waals surface area contributed by atoms with E-state index in [2.05, 4.69) is 0 Å². The molecule has 1 atom stereocenters. The molecule has 0 amide bonds. The van der Waals surface area contributed by atoms with Crippen LogP contribution in [0.25, 0.3) is 0 Å². The van der Waals surface area contributed by atoms with E-state index in [1.54, 1.807) is 8.61 Å². The monoisotopic (exact) mass is 262 g/mol. The number of hydrogen-bond acceptors (Lipinski definition) is 3. The second-order valence-electron chi connectivity index (χ2n) is 4.73. The van der Waals surface area contributed by atoms with Crippen LogP contribution < -0.4 is 0 Å². The summed E-state index contributed by atoms with van der Waals surface area (Å²) in [5, 5.41) is 0. The van der Waals surface area contributed by atoms with E-state index in [0.29, 0.717) is 32.8 Å². The van der Waals surface area contributed by atoms with Gasteiger partial charge in [0.2, 0.25) is 0 Å². The van der Waals surface area contributed by atoms with Gasteiger partial charge in [-0.05, 0) is 19.3 Å². The summed E-state index contributed by atoms with van der Waals surface area (Å²) in [7, 11) is -3.24. The van der Waals surface area contributed by atoms with Crippen molar-refractivity contribution in [3.05, 3.63) is 0 Å². The van der Waals surface area contributed by atoms with Crippen molar-refractivity contribution in [3.63, 3.8) is 0 Å². The Morgan fingerprint density at radius 2 is 1.82 bits per heavy atom. The van der Waals surface area contributed by atoms with Crippen LogP contribution in [0.4, 0.5) is 0 Å². The first-order valence-electron chi connectivity index (χ1n) is 6.51. The third-order valence-corrected chi connectivity index (χ3v) is 5.53. The third-order valence-electron chi connectivity index (χ3n) is 3.52. The first-order chi connectivity index (χ1) is 8.14. The largest absolute Gasteiger partial charge is 0.375 e. The quantitative estimate of drug-likeness (QED) is 0.757. The van der Waals surface area contributed by atoms with Crippen LogP contribution in [0, 0.1) is 0 Å². The van der Waals surface area contributed by atoms with Gasteiger partial charge < -0.3 is 4.74 Å². The fourth-order valence-electron chi connectivity index (χ4n) is 2.41. The van der Waals surface area contributed by atoms with E-state index >= 15 is 0 Å². The molecule has 1 unspecified atom stereocenters. The molecule has 100 valence electrons. The Morgan fingerprint density at radius 3 is 2.47 bits per heavy atom. The van der Waals surface area contributed by atoms with Gasteiger partial charge in [-0.2, -0.15) is 17.0 Å². The number of nitrogens with zero attached hydrogens (tertiary/aromatic N) is 2. The molecule has 0 bridgehead atoms. The number of morpholine rings is 1. The first kappa shape index (κ1) is 13.3. The lowest BCUT2D eigenvalue weighted by atomic mass is 10.2. The normalized spacial score (nSPS) is 29.4. The van der Waals surface area contributed by atoms with Gasteiger partial charge in [0.1, 0.15) is 0 Å². The SMILES string of the molecule is CCC1CN(S(=O)(=O)N2CCCCC2)CCO1. The van der Waals surface area contributed by atoms with Crippen molar-refractivity contribution in [1.29, 1.82) is 0 Å². The van der Waals surface area contributed by atoms with E-state index in [1.807, 2.05) is 6.92 Å². The molecule has 0 aliphatic carbocycles. The smallest absolute Gasteiger partial charge is 0.282 e. The summed E-state index contributed by atoms with van der Waals surface area (Å²) < 4.78 is 33.5. The van der Waals surface area contributed by atoms with Crippen molar-refractivity contribution < 1.29 is 13.2 Å². The van der Waals surface area contributed by atoms with Crippen molar-refractivity contribution in [3.8, 4) is 0 Å². The Balaban J connectivity index is 2.03. The number of hydrogen-bond donors (Lipinski definition) is 0. The molecule has 2 heterocycles. The van der Waals surface area contributed by atoms with Crippen LogP contribution in [0.15, 0.2) is 0 Å². The zero-order chi connectivity index (χ0) is 12.3. The molecule has 2 aliphatic heterocycles. The summed E-state index contributed by atoms with van der Waals surface area (Å²) in [4.78, 5) is 0. The van der Waals surface area contributed by atoms with Gasteiger partial charge in [-0.3, -0.25) is 0 Å². The summed E-state index contributed by atoms with van der Waals surface area (Å²) in [5.41, 5.74) is 0. The van der Waals surface area contributed by atoms with E-state index in [4.69, 9.17) is 4.74 Å². The number of ether oxygens (including phenoxy) is 1. The Morgan fingerprint density at radius 1 is 1.12 bits per heavy atom. The van der Waals surface area contributed by atoms with Gasteiger partial charge in [-0.1, -0.05) is 13.3 Å². The Labute approximate surface area is 104 Å². The van der Waals surface area contributed by atoms with Gasteiger partial charge in [-0.25, -0.2) is 0 Å². The van der Waals surface area contributed by atoms with Crippen LogP contribution in [0.3, 0.4) is 0 Å². The first-order valence-corrected chi connectivity index (χ1v) is 7.91. The Hall–Kier alpha value is -0.170.